The van der Waals surface area contributed by atoms with Crippen LogP contribution in [0.4, 0.5) is 0 Å². The standard InChI is InChI=1S/C20H21NO2.BrH/c22-18-8-3-6-15(11-18)17-7-4-10-21(13-17)14-19-12-16-5-1-2-9-20(16)23-19;/h1-3,5-6,8-9,11-12,17,22H,4,7,10,13-14H2;1H. The molecule has 0 spiro atoms. The van der Waals surface area contributed by atoms with Gasteiger partial charge in [-0.05, 0) is 55.1 Å². The van der Waals surface area contributed by atoms with Gasteiger partial charge in [0.1, 0.15) is 17.1 Å². The van der Waals surface area contributed by atoms with E-state index in [9.17, 15) is 5.11 Å². The van der Waals surface area contributed by atoms with Gasteiger partial charge in [0.05, 0.1) is 6.54 Å². The Morgan fingerprint density at radius 2 is 1.96 bits per heavy atom. The van der Waals surface area contributed by atoms with Crippen LogP contribution in [0.2, 0.25) is 0 Å². The van der Waals surface area contributed by atoms with E-state index in [1.165, 1.54) is 23.8 Å². The third kappa shape index (κ3) is 3.65. The number of phenolic OH excluding ortho intramolecular Hbond substituents is 1. The van der Waals surface area contributed by atoms with Crippen LogP contribution in [0.5, 0.6) is 5.75 Å². The lowest BCUT2D eigenvalue weighted by atomic mass is 9.90. The highest BCUT2D eigenvalue weighted by atomic mass is 79.9. The molecule has 1 fully saturated rings. The van der Waals surface area contributed by atoms with Gasteiger partial charge >= 0.3 is 0 Å². The molecule has 2 heterocycles. The third-order valence-corrected chi connectivity index (χ3v) is 4.70. The molecule has 1 unspecified atom stereocenters. The molecule has 1 saturated heterocycles. The quantitative estimate of drug-likeness (QED) is 0.679. The minimum absolute atomic E-state index is 0. The van der Waals surface area contributed by atoms with Crippen LogP contribution in [0.1, 0.15) is 30.1 Å². The smallest absolute Gasteiger partial charge is 0.134 e. The molecule has 1 aliphatic heterocycles. The fraction of sp³-hybridized carbons (Fsp3) is 0.300. The average Bonchev–Trinajstić information content (AvgIpc) is 2.97. The molecule has 1 N–H and O–H groups in total. The van der Waals surface area contributed by atoms with Crippen molar-refractivity contribution in [3.8, 4) is 5.75 Å². The molecule has 0 amide bonds. The highest BCUT2D eigenvalue weighted by Crippen LogP contribution is 2.30. The number of para-hydroxylation sites is 1. The molecule has 0 bridgehead atoms. The summed E-state index contributed by atoms with van der Waals surface area (Å²) in [6, 6.07) is 18.0. The molecule has 24 heavy (non-hydrogen) atoms. The van der Waals surface area contributed by atoms with E-state index in [2.05, 4.69) is 23.1 Å². The predicted octanol–water partition coefficient (Wildman–Crippen LogP) is 5.10. The number of likely N-dealkylation sites (tertiary alicyclic amines) is 1. The number of fused-ring (bicyclic) bond motifs is 1. The minimum atomic E-state index is 0. The Morgan fingerprint density at radius 1 is 1.08 bits per heavy atom. The van der Waals surface area contributed by atoms with Gasteiger partial charge in [0.2, 0.25) is 0 Å². The average molecular weight is 388 g/mol. The van der Waals surface area contributed by atoms with Crippen molar-refractivity contribution in [3.05, 3.63) is 65.9 Å². The summed E-state index contributed by atoms with van der Waals surface area (Å²) in [6.07, 6.45) is 2.36. The van der Waals surface area contributed by atoms with E-state index in [-0.39, 0.29) is 17.0 Å². The van der Waals surface area contributed by atoms with Gasteiger partial charge in [-0.3, -0.25) is 4.90 Å². The molecule has 1 atom stereocenters. The number of piperidine rings is 1. The highest BCUT2D eigenvalue weighted by molar-refractivity contribution is 8.93. The lowest BCUT2D eigenvalue weighted by molar-refractivity contribution is 0.188. The van der Waals surface area contributed by atoms with Gasteiger partial charge in [-0.15, -0.1) is 17.0 Å². The van der Waals surface area contributed by atoms with Crippen molar-refractivity contribution in [3.63, 3.8) is 0 Å². The second kappa shape index (κ2) is 7.41. The Morgan fingerprint density at radius 3 is 2.79 bits per heavy atom. The SMILES string of the molecule is Br.Oc1cccc(C2CCCN(Cc3cc4ccccc4o3)C2)c1. The molecule has 1 aromatic heterocycles. The van der Waals surface area contributed by atoms with Crippen LogP contribution in [-0.2, 0) is 6.54 Å². The number of nitrogens with zero attached hydrogens (tertiary/aromatic N) is 1. The van der Waals surface area contributed by atoms with E-state index < -0.39 is 0 Å². The van der Waals surface area contributed by atoms with Crippen molar-refractivity contribution in [2.24, 2.45) is 0 Å². The zero-order valence-corrected chi connectivity index (χ0v) is 15.2. The van der Waals surface area contributed by atoms with E-state index >= 15 is 0 Å². The van der Waals surface area contributed by atoms with Crippen LogP contribution in [0.15, 0.2) is 59.0 Å². The molecule has 4 heteroatoms. The lowest BCUT2D eigenvalue weighted by Gasteiger charge is -2.32. The van der Waals surface area contributed by atoms with E-state index in [4.69, 9.17) is 4.42 Å². The first-order chi connectivity index (χ1) is 11.3. The Hall–Kier alpha value is -1.78. The molecule has 3 aromatic rings. The molecule has 126 valence electrons. The second-order valence-corrected chi connectivity index (χ2v) is 6.42. The molecule has 0 radical (unpaired) electrons. The van der Waals surface area contributed by atoms with Crippen LogP contribution >= 0.6 is 17.0 Å². The monoisotopic (exact) mass is 387 g/mol. The minimum Gasteiger partial charge on any atom is -0.508 e. The number of aromatic hydroxyl groups is 1. The summed E-state index contributed by atoms with van der Waals surface area (Å²) >= 11 is 0. The first kappa shape index (κ1) is 17.1. The number of rotatable bonds is 3. The molecule has 2 aromatic carbocycles. The topological polar surface area (TPSA) is 36.6 Å². The molecular weight excluding hydrogens is 366 g/mol. The van der Waals surface area contributed by atoms with Crippen LogP contribution < -0.4 is 0 Å². The normalized spacial score (nSPS) is 18.4. The van der Waals surface area contributed by atoms with Gasteiger partial charge < -0.3 is 9.52 Å². The number of benzene rings is 2. The number of halogens is 1. The van der Waals surface area contributed by atoms with Gasteiger partial charge in [-0.1, -0.05) is 30.3 Å². The van der Waals surface area contributed by atoms with Crippen LogP contribution in [0.25, 0.3) is 11.0 Å². The first-order valence-electron chi connectivity index (χ1n) is 8.27. The fourth-order valence-electron chi connectivity index (χ4n) is 3.59. The van der Waals surface area contributed by atoms with Crippen molar-refractivity contribution in [1.82, 2.24) is 4.90 Å². The summed E-state index contributed by atoms with van der Waals surface area (Å²) in [5, 5.41) is 10.9. The zero-order valence-electron chi connectivity index (χ0n) is 13.5. The molecule has 0 saturated carbocycles. The summed E-state index contributed by atoms with van der Waals surface area (Å²) in [4.78, 5) is 2.45. The number of hydrogen-bond acceptors (Lipinski definition) is 3. The van der Waals surface area contributed by atoms with Crippen LogP contribution in [-0.4, -0.2) is 23.1 Å². The summed E-state index contributed by atoms with van der Waals surface area (Å²) < 4.78 is 5.95. The van der Waals surface area contributed by atoms with E-state index in [0.717, 1.165) is 31.0 Å². The third-order valence-electron chi connectivity index (χ3n) is 4.70. The summed E-state index contributed by atoms with van der Waals surface area (Å²) in [5.74, 6) is 1.87. The fourth-order valence-corrected chi connectivity index (χ4v) is 3.59. The Kier molecular flexibility index (Phi) is 5.27. The number of phenols is 1. The number of hydrogen-bond donors (Lipinski definition) is 1. The molecule has 3 nitrogen and oxygen atoms in total. The highest BCUT2D eigenvalue weighted by Gasteiger charge is 2.22. The first-order valence-corrected chi connectivity index (χ1v) is 8.27. The summed E-state index contributed by atoms with van der Waals surface area (Å²) in [7, 11) is 0. The maximum atomic E-state index is 9.70. The van der Waals surface area contributed by atoms with Gasteiger partial charge in [0.15, 0.2) is 0 Å². The van der Waals surface area contributed by atoms with E-state index in [1.54, 1.807) is 6.07 Å². The Balaban J connectivity index is 0.00000169. The van der Waals surface area contributed by atoms with Crippen molar-refractivity contribution < 1.29 is 9.52 Å². The zero-order chi connectivity index (χ0) is 15.6. The van der Waals surface area contributed by atoms with Crippen molar-refractivity contribution in [1.29, 1.82) is 0 Å². The second-order valence-electron chi connectivity index (χ2n) is 6.42. The maximum Gasteiger partial charge on any atom is 0.134 e. The number of furan rings is 1. The Bertz CT molecular complexity index is 781. The molecule has 4 rings (SSSR count). The largest absolute Gasteiger partial charge is 0.508 e. The van der Waals surface area contributed by atoms with Gasteiger partial charge in [-0.25, -0.2) is 0 Å². The van der Waals surface area contributed by atoms with Gasteiger partial charge in [0.25, 0.3) is 0 Å². The van der Waals surface area contributed by atoms with E-state index in [1.807, 2.05) is 30.3 Å². The van der Waals surface area contributed by atoms with Crippen LogP contribution in [0.3, 0.4) is 0 Å². The van der Waals surface area contributed by atoms with Crippen LogP contribution in [0, 0.1) is 0 Å². The molecule has 1 aliphatic rings. The lowest BCUT2D eigenvalue weighted by Crippen LogP contribution is -2.33. The van der Waals surface area contributed by atoms with Crippen molar-refractivity contribution >= 4 is 28.0 Å². The van der Waals surface area contributed by atoms with E-state index in [0.29, 0.717) is 11.7 Å². The van der Waals surface area contributed by atoms with Gasteiger partial charge in [-0.2, -0.15) is 0 Å². The summed E-state index contributed by atoms with van der Waals surface area (Å²) in [6.45, 7) is 2.97. The molecular formula is C20H22BrNO2. The predicted molar refractivity (Wildman–Crippen MR) is 102 cm³/mol. The van der Waals surface area contributed by atoms with Gasteiger partial charge in [0, 0.05) is 11.9 Å². The molecule has 0 aliphatic carbocycles. The maximum absolute atomic E-state index is 9.70. The van der Waals surface area contributed by atoms with Crippen molar-refractivity contribution in [2.75, 3.05) is 13.1 Å². The Labute approximate surface area is 152 Å². The summed E-state index contributed by atoms with van der Waals surface area (Å²) in [5.41, 5.74) is 2.20. The van der Waals surface area contributed by atoms with Crippen molar-refractivity contribution in [2.45, 2.75) is 25.3 Å².